The summed E-state index contributed by atoms with van der Waals surface area (Å²) in [5.74, 6) is 0. The second-order valence-electron chi connectivity index (χ2n) is 0.176. The summed E-state index contributed by atoms with van der Waals surface area (Å²) in [5, 5.41) is 1.90. The maximum Gasteiger partial charge on any atom is 0.0785 e. The van der Waals surface area contributed by atoms with Gasteiger partial charge in [0.2, 0.25) is 0 Å². The second kappa shape index (κ2) is 3.09. The molecule has 0 aliphatic heterocycles. The number of nitrogens with zero attached hydrogens (tertiary/aromatic N) is 1. The smallest absolute Gasteiger partial charge is 0.0785 e. The Bertz CT molecular complexity index is 46.0. The highest BCUT2D eigenvalue weighted by Crippen LogP contribution is 1.62. The van der Waals surface area contributed by atoms with Crippen LogP contribution in [0.4, 0.5) is 0 Å². The van der Waals surface area contributed by atoms with Crippen molar-refractivity contribution in [2.75, 3.05) is 0 Å². The summed E-state index contributed by atoms with van der Waals surface area (Å²) in [6.07, 6.45) is 0. The van der Waals surface area contributed by atoms with E-state index in [1.54, 1.807) is 0 Å². The van der Waals surface area contributed by atoms with E-state index in [1.165, 1.54) is 0 Å². The summed E-state index contributed by atoms with van der Waals surface area (Å²) < 4.78 is 2.77. The zero-order valence-electron chi connectivity index (χ0n) is 1.73. The highest BCUT2D eigenvalue weighted by Gasteiger charge is 1.29. The summed E-state index contributed by atoms with van der Waals surface area (Å²) in [4.78, 5) is 0. The minimum absolute atomic E-state index is 1.90. The predicted octanol–water partition coefficient (Wildman–Crippen LogP) is 1.24. The average Bonchev–Trinajstić information content (AvgIpc) is 1.37. The van der Waals surface area contributed by atoms with Crippen molar-refractivity contribution in [2.24, 2.45) is 4.51 Å². The Morgan fingerprint density at radius 1 is 2.00 bits per heavy atom. The summed E-state index contributed by atoms with van der Waals surface area (Å²) in [6.45, 7) is 0. The third-order valence-electron chi connectivity index (χ3n) is 0.0345. The van der Waals surface area contributed by atoms with Gasteiger partial charge in [0.25, 0.3) is 0 Å². The SMILES string of the molecule is S=C=NCl. The molecule has 0 saturated heterocycles. The van der Waals surface area contributed by atoms with E-state index in [1.807, 2.05) is 5.16 Å². The fourth-order valence-electron chi connectivity index (χ4n) is 0. The second-order valence-corrected chi connectivity index (χ2v) is 0.527. The molecule has 0 bridgehead atoms. The van der Waals surface area contributed by atoms with Gasteiger partial charge >= 0.3 is 0 Å². The number of hydrogen-bond acceptors (Lipinski definition) is 2. The zero-order chi connectivity index (χ0) is 3.41. The Morgan fingerprint density at radius 3 is 2.25 bits per heavy atom. The van der Waals surface area contributed by atoms with Crippen molar-refractivity contribution < 1.29 is 0 Å². The highest BCUT2D eigenvalue weighted by molar-refractivity contribution is 7.78. The molecule has 0 aliphatic rings. The molecular weight excluding hydrogens is 93.5 g/mol. The molecule has 0 saturated carbocycles. The molecule has 4 heavy (non-hydrogen) atoms. The number of hydrogen-bond donors (Lipinski definition) is 0. The normalized spacial score (nSPS) is 4.25. The van der Waals surface area contributed by atoms with E-state index < -0.39 is 0 Å². The third kappa shape index (κ3) is 2.09. The Balaban J connectivity index is 3.11. The van der Waals surface area contributed by atoms with Crippen LogP contribution in [0, 0.1) is 0 Å². The molecule has 1 nitrogen and oxygen atoms in total. The largest absolute Gasteiger partial charge is 0.121 e. The predicted molar refractivity (Wildman–Crippen MR) is 20.9 cm³/mol. The molecule has 0 rings (SSSR count). The summed E-state index contributed by atoms with van der Waals surface area (Å²) in [7, 11) is 0. The van der Waals surface area contributed by atoms with Crippen molar-refractivity contribution in [3.8, 4) is 0 Å². The first-order valence-corrected chi connectivity index (χ1v) is 1.34. The van der Waals surface area contributed by atoms with Gasteiger partial charge in [-0.05, 0) is 12.2 Å². The Hall–Kier alpha value is 0.0900. The lowest BCUT2D eigenvalue weighted by atomic mass is 11.8. The Labute approximate surface area is 34.4 Å². The summed E-state index contributed by atoms with van der Waals surface area (Å²) >= 11 is 8.60. The van der Waals surface area contributed by atoms with Crippen LogP contribution < -0.4 is 0 Å². The average molecular weight is 93.5 g/mol. The van der Waals surface area contributed by atoms with Crippen LogP contribution in [0.3, 0.4) is 0 Å². The lowest BCUT2D eigenvalue weighted by Gasteiger charge is -1.33. The molecule has 0 atom stereocenters. The fraction of sp³-hybridized carbons (Fsp3) is 0. The van der Waals surface area contributed by atoms with Crippen molar-refractivity contribution in [1.29, 1.82) is 0 Å². The number of thiocarbonyl (C=S) groups is 1. The van der Waals surface area contributed by atoms with Crippen LogP contribution in [0.5, 0.6) is 0 Å². The van der Waals surface area contributed by atoms with Crippen LogP contribution in [0.1, 0.15) is 0 Å². The van der Waals surface area contributed by atoms with Crippen molar-refractivity contribution >= 4 is 29.2 Å². The van der Waals surface area contributed by atoms with Crippen molar-refractivity contribution in [2.45, 2.75) is 0 Å². The number of rotatable bonds is 0. The first kappa shape index (κ1) is 4.09. The van der Waals surface area contributed by atoms with E-state index >= 15 is 0 Å². The molecule has 22 valence electrons. The maximum absolute atomic E-state index is 4.60. The molecule has 0 amide bonds. The zero-order valence-corrected chi connectivity index (χ0v) is 3.31. The maximum atomic E-state index is 4.60. The molecule has 0 fully saturated rings. The van der Waals surface area contributed by atoms with Crippen LogP contribution in [0.25, 0.3) is 0 Å². The van der Waals surface area contributed by atoms with Crippen molar-refractivity contribution in [3.05, 3.63) is 0 Å². The Morgan fingerprint density at radius 2 is 2.25 bits per heavy atom. The summed E-state index contributed by atoms with van der Waals surface area (Å²) in [5.41, 5.74) is 0. The molecule has 0 N–H and O–H groups in total. The van der Waals surface area contributed by atoms with Gasteiger partial charge in [-0.1, -0.05) is 0 Å². The van der Waals surface area contributed by atoms with Crippen LogP contribution in [0.2, 0.25) is 0 Å². The Kier molecular flexibility index (Phi) is 3.16. The minimum atomic E-state index is 1.90. The van der Waals surface area contributed by atoms with Crippen molar-refractivity contribution in [1.82, 2.24) is 0 Å². The molecule has 0 spiro atoms. The van der Waals surface area contributed by atoms with Crippen LogP contribution in [0.15, 0.2) is 4.51 Å². The van der Waals surface area contributed by atoms with Gasteiger partial charge < -0.3 is 0 Å². The monoisotopic (exact) mass is 92.9 g/mol. The van der Waals surface area contributed by atoms with Gasteiger partial charge in [0.15, 0.2) is 0 Å². The van der Waals surface area contributed by atoms with Crippen molar-refractivity contribution in [3.63, 3.8) is 0 Å². The lowest BCUT2D eigenvalue weighted by molar-refractivity contribution is 2.00. The molecule has 0 aliphatic carbocycles. The molecular formula is CClNS. The molecule has 0 aromatic heterocycles. The minimum Gasteiger partial charge on any atom is -0.121 e. The molecule has 3 heteroatoms. The molecule has 0 aromatic carbocycles. The van der Waals surface area contributed by atoms with Gasteiger partial charge in [-0.3, -0.25) is 0 Å². The van der Waals surface area contributed by atoms with Crippen LogP contribution in [-0.2, 0) is 0 Å². The van der Waals surface area contributed by atoms with Gasteiger partial charge in [-0.15, -0.1) is 4.51 Å². The van der Waals surface area contributed by atoms with Gasteiger partial charge in [0.1, 0.15) is 0 Å². The van der Waals surface area contributed by atoms with E-state index in [0.29, 0.717) is 0 Å². The first-order valence-electron chi connectivity index (χ1n) is 0.597. The fourth-order valence-corrected chi connectivity index (χ4v) is 0. The van der Waals surface area contributed by atoms with Gasteiger partial charge in [-0.25, -0.2) is 0 Å². The van der Waals surface area contributed by atoms with Crippen LogP contribution >= 0.6 is 24.0 Å². The summed E-state index contributed by atoms with van der Waals surface area (Å²) in [6, 6.07) is 0. The highest BCUT2D eigenvalue weighted by atomic mass is 35.5. The van der Waals surface area contributed by atoms with Crippen LogP contribution in [-0.4, -0.2) is 5.16 Å². The standard InChI is InChI=1S/CClNS/c2-3-1-4. The van der Waals surface area contributed by atoms with E-state index in [-0.39, 0.29) is 0 Å². The van der Waals surface area contributed by atoms with E-state index in [9.17, 15) is 0 Å². The molecule has 0 aromatic rings. The van der Waals surface area contributed by atoms with E-state index in [2.05, 4.69) is 28.5 Å². The lowest BCUT2D eigenvalue weighted by Crippen LogP contribution is -1.17. The first-order chi connectivity index (χ1) is 1.91. The molecule has 0 heterocycles. The van der Waals surface area contributed by atoms with E-state index in [0.717, 1.165) is 0 Å². The molecule has 0 unspecified atom stereocenters. The molecule has 0 radical (unpaired) electrons. The van der Waals surface area contributed by atoms with Gasteiger partial charge in [0.05, 0.1) is 5.16 Å². The quantitative estimate of drug-likeness (QED) is 0.324. The third-order valence-corrected chi connectivity index (χ3v) is 0.311. The number of isothiocyanates is 1. The van der Waals surface area contributed by atoms with Gasteiger partial charge in [0, 0.05) is 11.8 Å². The van der Waals surface area contributed by atoms with Gasteiger partial charge in [-0.2, -0.15) is 0 Å². The number of halogens is 1. The van der Waals surface area contributed by atoms with E-state index in [4.69, 9.17) is 0 Å². The topological polar surface area (TPSA) is 12.4 Å².